The van der Waals surface area contributed by atoms with E-state index in [9.17, 15) is 5.11 Å². The Labute approximate surface area is 206 Å². The van der Waals surface area contributed by atoms with Gasteiger partial charge in [-0.15, -0.1) is 5.10 Å². The molecular formula is C29H33N5O. The number of rotatable bonds is 7. The molecule has 4 N–H and O–H groups in total. The molecule has 7 rings (SSSR count). The molecule has 35 heavy (non-hydrogen) atoms. The molecular weight excluding hydrogens is 434 g/mol. The number of nitrogen functional groups attached to an aromatic ring is 1. The molecule has 0 saturated heterocycles. The Morgan fingerprint density at radius 3 is 2.40 bits per heavy atom. The van der Waals surface area contributed by atoms with Crippen molar-refractivity contribution in [2.24, 2.45) is 5.41 Å². The van der Waals surface area contributed by atoms with Crippen LogP contribution in [0.2, 0.25) is 0 Å². The van der Waals surface area contributed by atoms with Crippen molar-refractivity contribution in [3.63, 3.8) is 0 Å². The number of anilines is 1. The lowest BCUT2D eigenvalue weighted by molar-refractivity contribution is -0.0779. The molecule has 3 saturated carbocycles. The van der Waals surface area contributed by atoms with Crippen molar-refractivity contribution in [3.8, 4) is 0 Å². The number of hydrogen-bond donors (Lipinski definition) is 3. The van der Waals surface area contributed by atoms with Crippen LogP contribution in [-0.2, 0) is 5.41 Å². The fourth-order valence-corrected chi connectivity index (χ4v) is 6.99. The van der Waals surface area contributed by atoms with E-state index in [4.69, 9.17) is 5.73 Å². The number of fused-ring (bicyclic) bond motifs is 4. The molecule has 6 heteroatoms. The average molecular weight is 468 g/mol. The van der Waals surface area contributed by atoms with Crippen LogP contribution in [0.3, 0.4) is 0 Å². The number of pyridine rings is 1. The van der Waals surface area contributed by atoms with Crippen LogP contribution in [0.15, 0.2) is 66.7 Å². The molecule has 2 heterocycles. The summed E-state index contributed by atoms with van der Waals surface area (Å²) in [6, 6.07) is 23.2. The van der Waals surface area contributed by atoms with E-state index in [1.165, 1.54) is 24.0 Å². The van der Waals surface area contributed by atoms with Gasteiger partial charge in [-0.25, -0.2) is 4.98 Å². The minimum atomic E-state index is -0.257. The Morgan fingerprint density at radius 1 is 0.971 bits per heavy atom. The molecule has 0 aliphatic heterocycles. The van der Waals surface area contributed by atoms with Gasteiger partial charge >= 0.3 is 0 Å². The Kier molecular flexibility index (Phi) is 5.56. The van der Waals surface area contributed by atoms with E-state index in [2.05, 4.69) is 81.1 Å². The van der Waals surface area contributed by atoms with E-state index in [1.807, 2.05) is 6.07 Å². The minimum absolute atomic E-state index is 0.0529. The molecule has 0 radical (unpaired) electrons. The molecule has 2 aromatic heterocycles. The van der Waals surface area contributed by atoms with Crippen LogP contribution in [0.5, 0.6) is 0 Å². The highest BCUT2D eigenvalue weighted by Gasteiger charge is 2.54. The SMILES string of the molecule is Nc1cc([C@H](CCCC23CCC(c4ccccc4)(CC2)C(O)C3)c2ccccc2)c2n[nH]nc2n1. The van der Waals surface area contributed by atoms with E-state index >= 15 is 0 Å². The summed E-state index contributed by atoms with van der Waals surface area (Å²) >= 11 is 0. The number of H-pyrrole nitrogens is 1. The van der Waals surface area contributed by atoms with Crippen molar-refractivity contribution >= 4 is 17.0 Å². The summed E-state index contributed by atoms with van der Waals surface area (Å²) in [6.07, 6.45) is 8.45. The predicted molar refractivity (Wildman–Crippen MR) is 138 cm³/mol. The van der Waals surface area contributed by atoms with Crippen molar-refractivity contribution in [2.45, 2.75) is 68.8 Å². The van der Waals surface area contributed by atoms with Crippen LogP contribution in [0.1, 0.15) is 74.0 Å². The van der Waals surface area contributed by atoms with Gasteiger partial charge in [-0.05, 0) is 73.1 Å². The second-order valence-corrected chi connectivity index (χ2v) is 10.7. The highest BCUT2D eigenvalue weighted by atomic mass is 16.3. The lowest BCUT2D eigenvalue weighted by Gasteiger charge is -2.57. The van der Waals surface area contributed by atoms with Crippen molar-refractivity contribution in [2.75, 3.05) is 5.73 Å². The van der Waals surface area contributed by atoms with Crippen molar-refractivity contribution in [1.82, 2.24) is 20.4 Å². The standard InChI is InChI=1S/C29H33N5O/c30-25-18-23(26-27(31-25)33-34-32-26)22(20-8-3-1-4-9-20)12-7-13-28-14-16-29(17-15-28,24(35)19-28)21-10-5-2-6-11-21/h1-6,8-11,18,22,24,35H,7,12-17,19H2,(H3,30,31,32,33,34)/t22-,24?,28?,29?/m1/s1. The van der Waals surface area contributed by atoms with E-state index in [0.29, 0.717) is 11.5 Å². The lowest BCUT2D eigenvalue weighted by atomic mass is 9.49. The molecule has 3 aliphatic carbocycles. The van der Waals surface area contributed by atoms with Crippen molar-refractivity contribution in [3.05, 3.63) is 83.4 Å². The third-order valence-corrected chi connectivity index (χ3v) is 8.93. The number of aromatic nitrogens is 4. The fourth-order valence-electron chi connectivity index (χ4n) is 6.99. The first kappa shape index (κ1) is 22.2. The number of nitrogens with zero attached hydrogens (tertiary/aromatic N) is 3. The number of nitrogens with one attached hydrogen (secondary N) is 1. The zero-order valence-corrected chi connectivity index (χ0v) is 20.0. The van der Waals surface area contributed by atoms with Gasteiger partial charge in [-0.1, -0.05) is 67.1 Å². The Morgan fingerprint density at radius 2 is 1.69 bits per heavy atom. The van der Waals surface area contributed by atoms with Crippen LogP contribution in [0.4, 0.5) is 5.82 Å². The summed E-state index contributed by atoms with van der Waals surface area (Å²) in [5.74, 6) is 0.645. The summed E-state index contributed by atoms with van der Waals surface area (Å²) in [4.78, 5) is 4.34. The topological polar surface area (TPSA) is 101 Å². The van der Waals surface area contributed by atoms with Gasteiger partial charge in [0.1, 0.15) is 11.3 Å². The van der Waals surface area contributed by atoms with Crippen LogP contribution in [0.25, 0.3) is 11.2 Å². The maximum absolute atomic E-state index is 11.3. The van der Waals surface area contributed by atoms with Gasteiger partial charge in [0.05, 0.1) is 6.10 Å². The van der Waals surface area contributed by atoms with Gasteiger partial charge in [0.15, 0.2) is 0 Å². The second kappa shape index (κ2) is 8.76. The van der Waals surface area contributed by atoms with Crippen LogP contribution in [-0.4, -0.2) is 31.6 Å². The first-order valence-electron chi connectivity index (χ1n) is 12.8. The molecule has 1 unspecified atom stereocenters. The van der Waals surface area contributed by atoms with Gasteiger partial charge < -0.3 is 10.8 Å². The average Bonchev–Trinajstić information content (AvgIpc) is 3.36. The summed E-state index contributed by atoms with van der Waals surface area (Å²) in [7, 11) is 0. The van der Waals surface area contributed by atoms with Crippen molar-refractivity contribution in [1.29, 1.82) is 0 Å². The lowest BCUT2D eigenvalue weighted by Crippen LogP contribution is -2.53. The molecule has 0 spiro atoms. The third-order valence-electron chi connectivity index (χ3n) is 8.93. The van der Waals surface area contributed by atoms with E-state index in [0.717, 1.165) is 49.6 Å². The number of aromatic amines is 1. The van der Waals surface area contributed by atoms with E-state index in [1.54, 1.807) is 0 Å². The second-order valence-electron chi connectivity index (χ2n) is 10.7. The molecule has 3 fully saturated rings. The molecule has 180 valence electrons. The molecule has 2 bridgehead atoms. The first-order chi connectivity index (χ1) is 17.1. The molecule has 0 amide bonds. The minimum Gasteiger partial charge on any atom is -0.392 e. The fraction of sp³-hybridized carbons (Fsp3) is 0.414. The zero-order chi connectivity index (χ0) is 23.9. The van der Waals surface area contributed by atoms with Crippen molar-refractivity contribution < 1.29 is 5.11 Å². The van der Waals surface area contributed by atoms with Gasteiger partial charge in [0, 0.05) is 11.3 Å². The molecule has 6 nitrogen and oxygen atoms in total. The predicted octanol–water partition coefficient (Wildman–Crippen LogP) is 5.50. The number of nitrogens with two attached hydrogens (primary N) is 1. The quantitative estimate of drug-likeness (QED) is 0.333. The van der Waals surface area contributed by atoms with Gasteiger partial charge in [0.2, 0.25) is 5.65 Å². The van der Waals surface area contributed by atoms with E-state index < -0.39 is 0 Å². The highest BCUT2D eigenvalue weighted by molar-refractivity contribution is 5.77. The molecule has 3 aliphatic rings. The highest BCUT2D eigenvalue weighted by Crippen LogP contribution is 2.59. The number of aliphatic hydroxyl groups is 1. The summed E-state index contributed by atoms with van der Waals surface area (Å²) in [5, 5.41) is 22.6. The van der Waals surface area contributed by atoms with Gasteiger partial charge in [0.25, 0.3) is 0 Å². The largest absolute Gasteiger partial charge is 0.392 e. The van der Waals surface area contributed by atoms with E-state index in [-0.39, 0.29) is 22.9 Å². The Hall–Kier alpha value is -3.25. The monoisotopic (exact) mass is 467 g/mol. The Balaban J connectivity index is 1.21. The molecule has 2 atom stereocenters. The van der Waals surface area contributed by atoms with Gasteiger partial charge in [-0.3, -0.25) is 0 Å². The van der Waals surface area contributed by atoms with Crippen LogP contribution >= 0.6 is 0 Å². The Bertz CT molecular complexity index is 1290. The molecule has 4 aromatic rings. The maximum Gasteiger partial charge on any atom is 0.203 e. The summed E-state index contributed by atoms with van der Waals surface area (Å²) < 4.78 is 0. The van der Waals surface area contributed by atoms with Gasteiger partial charge in [-0.2, -0.15) is 10.3 Å². The number of hydrogen-bond acceptors (Lipinski definition) is 5. The summed E-state index contributed by atoms with van der Waals surface area (Å²) in [6.45, 7) is 0. The normalized spacial score (nSPS) is 26.7. The zero-order valence-electron chi connectivity index (χ0n) is 20.0. The molecule has 2 aromatic carbocycles. The number of benzene rings is 2. The number of aliphatic hydroxyl groups excluding tert-OH is 1. The smallest absolute Gasteiger partial charge is 0.203 e. The van der Waals surface area contributed by atoms with Crippen LogP contribution < -0.4 is 5.73 Å². The third kappa shape index (κ3) is 3.90. The first-order valence-corrected chi connectivity index (χ1v) is 12.8. The maximum atomic E-state index is 11.3. The summed E-state index contributed by atoms with van der Waals surface area (Å²) in [5.41, 5.74) is 11.4. The van der Waals surface area contributed by atoms with Crippen LogP contribution in [0, 0.1) is 5.41 Å².